The first-order valence-electron chi connectivity index (χ1n) is 6.69. The van der Waals surface area contributed by atoms with Crippen molar-refractivity contribution in [2.45, 2.75) is 11.8 Å². The molecule has 0 aromatic heterocycles. The number of carboxylic acids is 1. The second-order valence-corrected chi connectivity index (χ2v) is 5.42. The summed E-state index contributed by atoms with van der Waals surface area (Å²) in [6, 6.07) is 11.2. The molecule has 2 aromatic rings. The molecule has 0 fully saturated rings. The van der Waals surface area contributed by atoms with Gasteiger partial charge in [0.15, 0.2) is 5.71 Å². The number of nitrogens with zero attached hydrogens (tertiary/aromatic N) is 1. The molecule has 132 valence electrons. The Kier molecular flexibility index (Phi) is 5.03. The molecule has 25 heavy (non-hydrogen) atoms. The van der Waals surface area contributed by atoms with Gasteiger partial charge in [-0.15, -0.1) is 0 Å². The quantitative estimate of drug-likeness (QED) is 0.349. The largest absolute Gasteiger partial charge is 0.477 e. The minimum atomic E-state index is -5.44. The smallest absolute Gasteiger partial charge is 0.410 e. The first-order valence-corrected chi connectivity index (χ1v) is 7.07. The summed E-state index contributed by atoms with van der Waals surface area (Å²) >= 11 is 5.76. The molecule has 0 amide bonds. The topological polar surface area (TPSA) is 69.9 Å². The molecule has 0 aliphatic rings. The number of carboxylic acid groups (broad SMARTS) is 1. The lowest BCUT2D eigenvalue weighted by Crippen LogP contribution is -2.52. The summed E-state index contributed by atoms with van der Waals surface area (Å²) in [6.07, 6.45) is 0. The highest BCUT2D eigenvalue weighted by Crippen LogP contribution is 2.38. The molecule has 0 saturated carbocycles. The molecule has 2 N–H and O–H groups in total. The summed E-state index contributed by atoms with van der Waals surface area (Å²) in [5, 5.41) is 19.7. The van der Waals surface area contributed by atoms with Crippen molar-refractivity contribution < 1.29 is 32.7 Å². The fourth-order valence-corrected chi connectivity index (χ4v) is 2.17. The van der Waals surface area contributed by atoms with Crippen LogP contribution < -0.4 is 0 Å². The van der Waals surface area contributed by atoms with Gasteiger partial charge in [-0.1, -0.05) is 53.2 Å². The van der Waals surface area contributed by atoms with Gasteiger partial charge in [-0.3, -0.25) is 0 Å². The second kappa shape index (κ2) is 6.72. The number of carbonyl (C=O) groups is 1. The Balaban J connectivity index is 2.40. The van der Waals surface area contributed by atoms with Crippen LogP contribution in [0.25, 0.3) is 11.1 Å². The molecule has 0 heterocycles. The van der Waals surface area contributed by atoms with Gasteiger partial charge >= 0.3 is 17.8 Å². The lowest BCUT2D eigenvalue weighted by atomic mass is 9.97. The third kappa shape index (κ3) is 3.43. The molecule has 0 aliphatic heterocycles. The summed E-state index contributed by atoms with van der Waals surface area (Å²) in [5.41, 5.74) is -1.05. The maximum atomic E-state index is 13.8. The summed E-state index contributed by atoms with van der Waals surface area (Å²) in [7, 11) is 0. The standard InChI is InChI=1S/C16H10ClF4NO3/c17-12-7-5-10(6-8-12)9-1-3-11(4-2-9)13(22-25)15(18,19)16(20,21)14(23)24/h1-8,25H,(H,23,24). The zero-order chi connectivity index (χ0) is 18.8. The highest BCUT2D eigenvalue weighted by molar-refractivity contribution is 6.30. The van der Waals surface area contributed by atoms with Crippen molar-refractivity contribution in [3.8, 4) is 11.1 Å². The molecule has 0 unspecified atom stereocenters. The van der Waals surface area contributed by atoms with E-state index in [0.717, 1.165) is 12.1 Å². The predicted molar refractivity (Wildman–Crippen MR) is 82.7 cm³/mol. The van der Waals surface area contributed by atoms with Crippen molar-refractivity contribution in [1.29, 1.82) is 0 Å². The maximum absolute atomic E-state index is 13.8. The number of halogens is 5. The van der Waals surface area contributed by atoms with Gasteiger partial charge < -0.3 is 10.3 Å². The van der Waals surface area contributed by atoms with E-state index in [-0.39, 0.29) is 0 Å². The number of benzene rings is 2. The molecule has 2 aromatic carbocycles. The Morgan fingerprint density at radius 3 is 1.72 bits per heavy atom. The number of rotatable bonds is 5. The summed E-state index contributed by atoms with van der Waals surface area (Å²) in [5.74, 6) is -13.7. The van der Waals surface area contributed by atoms with Crippen LogP contribution in [0, 0.1) is 0 Å². The van der Waals surface area contributed by atoms with E-state index in [1.54, 1.807) is 24.3 Å². The highest BCUT2D eigenvalue weighted by Gasteiger charge is 2.66. The van der Waals surface area contributed by atoms with E-state index in [0.29, 0.717) is 16.1 Å². The van der Waals surface area contributed by atoms with Crippen LogP contribution in [0.4, 0.5) is 17.6 Å². The maximum Gasteiger partial charge on any atom is 0.410 e. The molecule has 0 radical (unpaired) electrons. The van der Waals surface area contributed by atoms with Crippen LogP contribution in [-0.4, -0.2) is 33.8 Å². The lowest BCUT2D eigenvalue weighted by Gasteiger charge is -2.23. The number of hydrogen-bond acceptors (Lipinski definition) is 3. The van der Waals surface area contributed by atoms with Crippen molar-refractivity contribution in [1.82, 2.24) is 0 Å². The highest BCUT2D eigenvalue weighted by atomic mass is 35.5. The molecule has 0 saturated heterocycles. The molecular weight excluding hydrogens is 366 g/mol. The van der Waals surface area contributed by atoms with E-state index in [1.807, 2.05) is 0 Å². The molecule has 0 aliphatic carbocycles. The fourth-order valence-electron chi connectivity index (χ4n) is 2.05. The van der Waals surface area contributed by atoms with Crippen LogP contribution in [0.5, 0.6) is 0 Å². The Morgan fingerprint density at radius 2 is 1.32 bits per heavy atom. The fraction of sp³-hybridized carbons (Fsp3) is 0.125. The first-order chi connectivity index (χ1) is 11.6. The van der Waals surface area contributed by atoms with E-state index in [9.17, 15) is 22.4 Å². The average molecular weight is 376 g/mol. The molecule has 0 atom stereocenters. The summed E-state index contributed by atoms with van der Waals surface area (Å²) < 4.78 is 54.2. The predicted octanol–water partition coefficient (Wildman–Crippen LogP) is 4.54. The number of alkyl halides is 4. The van der Waals surface area contributed by atoms with Crippen molar-refractivity contribution in [3.05, 3.63) is 59.1 Å². The molecule has 0 spiro atoms. The van der Waals surface area contributed by atoms with Gasteiger partial charge in [-0.25, -0.2) is 4.79 Å². The van der Waals surface area contributed by atoms with E-state index in [1.165, 1.54) is 12.1 Å². The molecular formula is C16H10ClF4NO3. The van der Waals surface area contributed by atoms with Crippen LogP contribution in [0.3, 0.4) is 0 Å². The second-order valence-electron chi connectivity index (χ2n) is 4.99. The summed E-state index contributed by atoms with van der Waals surface area (Å²) in [4.78, 5) is 10.4. The van der Waals surface area contributed by atoms with Crippen LogP contribution in [0.15, 0.2) is 53.7 Å². The van der Waals surface area contributed by atoms with Gasteiger partial charge in [0.2, 0.25) is 0 Å². The number of oxime groups is 1. The number of hydrogen-bond donors (Lipinski definition) is 2. The normalized spacial score (nSPS) is 12.9. The molecule has 2 rings (SSSR count). The molecule has 4 nitrogen and oxygen atoms in total. The van der Waals surface area contributed by atoms with Crippen molar-refractivity contribution in [2.75, 3.05) is 0 Å². The van der Waals surface area contributed by atoms with E-state index in [2.05, 4.69) is 5.16 Å². The Labute approximate surface area is 144 Å². The van der Waals surface area contributed by atoms with Crippen molar-refractivity contribution in [2.24, 2.45) is 5.16 Å². The van der Waals surface area contributed by atoms with Gasteiger partial charge in [0.1, 0.15) is 0 Å². The van der Waals surface area contributed by atoms with Crippen LogP contribution in [0.1, 0.15) is 5.56 Å². The SMILES string of the molecule is O=C(O)C(F)(F)C(F)(F)C(=NO)c1ccc(-c2ccc(Cl)cc2)cc1. The zero-order valence-electron chi connectivity index (χ0n) is 12.3. The third-order valence-electron chi connectivity index (χ3n) is 3.40. The van der Waals surface area contributed by atoms with Crippen LogP contribution >= 0.6 is 11.6 Å². The molecule has 9 heteroatoms. The Hall–Kier alpha value is -2.61. The minimum absolute atomic E-state index is 0.491. The Morgan fingerprint density at radius 1 is 0.880 bits per heavy atom. The first kappa shape index (κ1) is 18.7. The van der Waals surface area contributed by atoms with Gasteiger partial charge in [0.05, 0.1) is 0 Å². The van der Waals surface area contributed by atoms with Crippen molar-refractivity contribution in [3.63, 3.8) is 0 Å². The van der Waals surface area contributed by atoms with E-state index in [4.69, 9.17) is 21.9 Å². The molecule has 0 bridgehead atoms. The van der Waals surface area contributed by atoms with E-state index < -0.39 is 29.1 Å². The van der Waals surface area contributed by atoms with E-state index >= 15 is 0 Å². The lowest BCUT2D eigenvalue weighted by molar-refractivity contribution is -0.202. The van der Waals surface area contributed by atoms with Gasteiger partial charge in [-0.05, 0) is 23.3 Å². The zero-order valence-corrected chi connectivity index (χ0v) is 13.0. The minimum Gasteiger partial charge on any atom is -0.477 e. The van der Waals surface area contributed by atoms with Crippen LogP contribution in [-0.2, 0) is 4.79 Å². The van der Waals surface area contributed by atoms with Crippen molar-refractivity contribution >= 4 is 23.3 Å². The van der Waals surface area contributed by atoms with Crippen LogP contribution in [0.2, 0.25) is 5.02 Å². The van der Waals surface area contributed by atoms with Gasteiger partial charge in [0.25, 0.3) is 0 Å². The number of aliphatic carboxylic acids is 1. The van der Waals surface area contributed by atoms with Gasteiger partial charge in [-0.2, -0.15) is 17.6 Å². The monoisotopic (exact) mass is 375 g/mol. The Bertz CT molecular complexity index is 805. The third-order valence-corrected chi connectivity index (χ3v) is 3.65. The average Bonchev–Trinajstić information content (AvgIpc) is 2.56. The summed E-state index contributed by atoms with van der Waals surface area (Å²) in [6.45, 7) is 0. The van der Waals surface area contributed by atoms with Gasteiger partial charge in [0, 0.05) is 10.6 Å².